The SMILES string of the molecule is CN1C(=O)C(C)(C)c2cc(S(=O)(=O)N3CCC(C(=O)NC4CCCCCC4)CC3)ccc21. The van der Waals surface area contributed by atoms with Crippen molar-refractivity contribution in [2.24, 2.45) is 5.92 Å². The Balaban J connectivity index is 1.42. The molecule has 1 N–H and O–H groups in total. The van der Waals surface area contributed by atoms with Crippen LogP contribution in [0.5, 0.6) is 0 Å². The van der Waals surface area contributed by atoms with Gasteiger partial charge in [0.2, 0.25) is 21.8 Å². The molecular formula is C24H35N3O4S. The van der Waals surface area contributed by atoms with Crippen molar-refractivity contribution in [1.82, 2.24) is 9.62 Å². The number of likely N-dealkylation sites (N-methyl/N-ethyl adjacent to an activating group) is 1. The first-order valence-electron chi connectivity index (χ1n) is 11.9. The first-order valence-corrected chi connectivity index (χ1v) is 13.3. The summed E-state index contributed by atoms with van der Waals surface area (Å²) in [6.45, 7) is 4.33. The fourth-order valence-electron chi connectivity index (χ4n) is 5.36. The number of sulfonamides is 1. The monoisotopic (exact) mass is 461 g/mol. The lowest BCUT2D eigenvalue weighted by Crippen LogP contribution is -2.45. The molecule has 8 heteroatoms. The topological polar surface area (TPSA) is 86.8 Å². The molecule has 32 heavy (non-hydrogen) atoms. The Morgan fingerprint density at radius 2 is 1.66 bits per heavy atom. The fourth-order valence-corrected chi connectivity index (χ4v) is 6.86. The minimum atomic E-state index is -3.68. The zero-order chi connectivity index (χ0) is 23.1. The van der Waals surface area contributed by atoms with Crippen LogP contribution in [0.15, 0.2) is 23.1 Å². The van der Waals surface area contributed by atoms with Crippen LogP contribution in [0.25, 0.3) is 0 Å². The molecular weight excluding hydrogens is 426 g/mol. The van der Waals surface area contributed by atoms with Gasteiger partial charge in [0, 0.05) is 37.8 Å². The van der Waals surface area contributed by atoms with Gasteiger partial charge in [-0.05, 0) is 63.3 Å². The molecule has 2 heterocycles. The summed E-state index contributed by atoms with van der Waals surface area (Å²) in [5, 5.41) is 3.22. The summed E-state index contributed by atoms with van der Waals surface area (Å²) in [6.07, 6.45) is 7.99. The molecule has 0 unspecified atom stereocenters. The summed E-state index contributed by atoms with van der Waals surface area (Å²) >= 11 is 0. The van der Waals surface area contributed by atoms with Crippen molar-refractivity contribution in [3.8, 4) is 0 Å². The molecule has 0 atom stereocenters. The van der Waals surface area contributed by atoms with Crippen LogP contribution in [0.4, 0.5) is 5.69 Å². The maximum absolute atomic E-state index is 13.3. The third-order valence-electron chi connectivity index (χ3n) is 7.51. The number of anilines is 1. The second-order valence-corrected chi connectivity index (χ2v) is 12.0. The molecule has 7 nitrogen and oxygen atoms in total. The van der Waals surface area contributed by atoms with Crippen molar-refractivity contribution in [2.45, 2.75) is 81.6 Å². The smallest absolute Gasteiger partial charge is 0.243 e. The number of carbonyl (C=O) groups excluding carboxylic acids is 2. The summed E-state index contributed by atoms with van der Waals surface area (Å²) in [5.41, 5.74) is 0.746. The first kappa shape index (κ1) is 23.2. The Morgan fingerprint density at radius 1 is 1.03 bits per heavy atom. The molecule has 2 amide bonds. The molecule has 0 spiro atoms. The molecule has 0 bridgehead atoms. The molecule has 176 valence electrons. The molecule has 3 aliphatic rings. The van der Waals surface area contributed by atoms with Crippen LogP contribution in [0.3, 0.4) is 0 Å². The van der Waals surface area contributed by atoms with E-state index in [4.69, 9.17) is 0 Å². The van der Waals surface area contributed by atoms with Gasteiger partial charge in [0.1, 0.15) is 0 Å². The number of rotatable bonds is 4. The highest BCUT2D eigenvalue weighted by Crippen LogP contribution is 2.42. The zero-order valence-electron chi connectivity index (χ0n) is 19.4. The van der Waals surface area contributed by atoms with E-state index in [-0.39, 0.29) is 28.7 Å². The molecule has 1 saturated heterocycles. The van der Waals surface area contributed by atoms with E-state index < -0.39 is 15.4 Å². The van der Waals surface area contributed by atoms with Crippen LogP contribution in [0, 0.1) is 5.92 Å². The molecule has 1 saturated carbocycles. The maximum atomic E-state index is 13.3. The Kier molecular flexibility index (Phi) is 6.38. The summed E-state index contributed by atoms with van der Waals surface area (Å²) in [5.74, 6) is -0.0905. The Bertz CT molecular complexity index is 988. The second kappa shape index (κ2) is 8.78. The molecule has 0 aromatic heterocycles. The number of benzene rings is 1. The molecule has 2 fully saturated rings. The maximum Gasteiger partial charge on any atom is 0.243 e. The summed E-state index contributed by atoms with van der Waals surface area (Å²) < 4.78 is 28.1. The van der Waals surface area contributed by atoms with E-state index in [1.807, 2.05) is 13.8 Å². The van der Waals surface area contributed by atoms with Crippen molar-refractivity contribution < 1.29 is 18.0 Å². The number of carbonyl (C=O) groups is 2. The lowest BCUT2D eigenvalue weighted by atomic mass is 9.86. The van der Waals surface area contributed by atoms with Crippen molar-refractivity contribution in [2.75, 3.05) is 25.0 Å². The molecule has 0 radical (unpaired) electrons. The van der Waals surface area contributed by atoms with Crippen molar-refractivity contribution >= 4 is 27.5 Å². The van der Waals surface area contributed by atoms with Gasteiger partial charge < -0.3 is 10.2 Å². The van der Waals surface area contributed by atoms with Crippen molar-refractivity contribution in [3.05, 3.63) is 23.8 Å². The normalized spacial score (nSPS) is 23.1. The third kappa shape index (κ3) is 4.19. The summed E-state index contributed by atoms with van der Waals surface area (Å²) in [4.78, 5) is 27.1. The van der Waals surface area contributed by atoms with Crippen molar-refractivity contribution in [1.29, 1.82) is 0 Å². The van der Waals surface area contributed by atoms with Gasteiger partial charge >= 0.3 is 0 Å². The van der Waals surface area contributed by atoms with E-state index >= 15 is 0 Å². The van der Waals surface area contributed by atoms with Crippen LogP contribution in [0.2, 0.25) is 0 Å². The van der Waals surface area contributed by atoms with E-state index in [0.717, 1.165) is 24.1 Å². The van der Waals surface area contributed by atoms with Crippen molar-refractivity contribution in [3.63, 3.8) is 0 Å². The van der Waals surface area contributed by atoms with Crippen LogP contribution < -0.4 is 10.2 Å². The van der Waals surface area contributed by atoms with Gasteiger partial charge in [0.05, 0.1) is 10.3 Å². The highest BCUT2D eigenvalue weighted by atomic mass is 32.2. The summed E-state index contributed by atoms with van der Waals surface area (Å²) in [7, 11) is -1.96. The average molecular weight is 462 g/mol. The minimum Gasteiger partial charge on any atom is -0.353 e. The summed E-state index contributed by atoms with van der Waals surface area (Å²) in [6, 6.07) is 5.23. The number of amides is 2. The van der Waals surface area contributed by atoms with Gasteiger partial charge in [-0.3, -0.25) is 9.59 Å². The van der Waals surface area contributed by atoms with Crippen LogP contribution in [-0.2, 0) is 25.0 Å². The lowest BCUT2D eigenvalue weighted by Gasteiger charge is -2.31. The van der Waals surface area contributed by atoms with Gasteiger partial charge in [0.15, 0.2) is 0 Å². The van der Waals surface area contributed by atoms with Gasteiger partial charge in [-0.1, -0.05) is 25.7 Å². The van der Waals surface area contributed by atoms with E-state index in [0.29, 0.717) is 25.9 Å². The Labute approximate surface area is 191 Å². The van der Waals surface area contributed by atoms with Gasteiger partial charge in [-0.15, -0.1) is 0 Å². The number of fused-ring (bicyclic) bond motifs is 1. The number of hydrogen-bond donors (Lipinski definition) is 1. The van der Waals surface area contributed by atoms with E-state index in [9.17, 15) is 18.0 Å². The Hall–Kier alpha value is -1.93. The first-order chi connectivity index (χ1) is 15.1. The van der Waals surface area contributed by atoms with E-state index in [1.54, 1.807) is 30.1 Å². The molecule has 1 aromatic rings. The van der Waals surface area contributed by atoms with Gasteiger partial charge in [0.25, 0.3) is 0 Å². The highest BCUT2D eigenvalue weighted by Gasteiger charge is 2.43. The Morgan fingerprint density at radius 3 is 2.28 bits per heavy atom. The lowest BCUT2D eigenvalue weighted by molar-refractivity contribution is -0.127. The van der Waals surface area contributed by atoms with E-state index in [2.05, 4.69) is 5.32 Å². The number of piperidine rings is 1. The molecule has 1 aromatic carbocycles. The molecule has 4 rings (SSSR count). The van der Waals surface area contributed by atoms with Gasteiger partial charge in [-0.2, -0.15) is 4.31 Å². The minimum absolute atomic E-state index is 0.0393. The standard InChI is InChI=1S/C24H35N3O4S/c1-24(2)20-16-19(10-11-21(20)26(3)23(24)29)32(30,31)27-14-12-17(13-15-27)22(28)25-18-8-6-4-5-7-9-18/h10-11,16-18H,4-9,12-15H2,1-3H3,(H,25,28). The average Bonchev–Trinajstić information content (AvgIpc) is 2.98. The predicted octanol–water partition coefficient (Wildman–Crippen LogP) is 3.18. The predicted molar refractivity (Wildman–Crippen MR) is 124 cm³/mol. The largest absolute Gasteiger partial charge is 0.353 e. The van der Waals surface area contributed by atoms with Gasteiger partial charge in [-0.25, -0.2) is 8.42 Å². The highest BCUT2D eigenvalue weighted by molar-refractivity contribution is 7.89. The van der Waals surface area contributed by atoms with Crippen LogP contribution in [0.1, 0.15) is 70.8 Å². The second-order valence-electron chi connectivity index (χ2n) is 10.0. The molecule has 1 aliphatic carbocycles. The fraction of sp³-hybridized carbons (Fsp3) is 0.667. The number of nitrogens with zero attached hydrogens (tertiary/aromatic N) is 2. The zero-order valence-corrected chi connectivity index (χ0v) is 20.2. The van der Waals surface area contributed by atoms with Crippen LogP contribution >= 0.6 is 0 Å². The third-order valence-corrected chi connectivity index (χ3v) is 9.40. The number of hydrogen-bond acceptors (Lipinski definition) is 4. The molecule has 2 aliphatic heterocycles. The van der Waals surface area contributed by atoms with Crippen LogP contribution in [-0.4, -0.2) is 50.7 Å². The quantitative estimate of drug-likeness (QED) is 0.698. The van der Waals surface area contributed by atoms with E-state index in [1.165, 1.54) is 30.0 Å². The number of nitrogens with one attached hydrogen (secondary N) is 1.